The van der Waals surface area contributed by atoms with Gasteiger partial charge in [-0.3, -0.25) is 14.9 Å². The van der Waals surface area contributed by atoms with E-state index in [1.165, 1.54) is 42.2 Å². The first-order valence-corrected chi connectivity index (χ1v) is 10.4. The van der Waals surface area contributed by atoms with E-state index in [2.05, 4.69) is 10.5 Å². The van der Waals surface area contributed by atoms with Gasteiger partial charge in [-0.2, -0.15) is 5.10 Å². The minimum Gasteiger partial charge on any atom is -0.369 e. The van der Waals surface area contributed by atoms with E-state index in [4.69, 9.17) is 0 Å². The fourth-order valence-corrected chi connectivity index (χ4v) is 4.40. The number of carbonyl (C=O) groups excluding carboxylic acids is 1. The summed E-state index contributed by atoms with van der Waals surface area (Å²) in [6, 6.07) is 10.9. The minimum atomic E-state index is -0.475. The number of thiophene rings is 1. The quantitative estimate of drug-likeness (QED) is 0.364. The van der Waals surface area contributed by atoms with Crippen molar-refractivity contribution in [2.24, 2.45) is 5.10 Å². The lowest BCUT2D eigenvalue weighted by Gasteiger charge is -2.29. The number of hydrogen-bond donors (Lipinski definition) is 1. The molecule has 9 heteroatoms. The van der Waals surface area contributed by atoms with Crippen LogP contribution in [0.1, 0.15) is 34.5 Å². The lowest BCUT2D eigenvalue weighted by atomic mass is 10.1. The van der Waals surface area contributed by atoms with Crippen LogP contribution in [-0.2, 0) is 0 Å². The van der Waals surface area contributed by atoms with Crippen LogP contribution in [0.15, 0.2) is 47.6 Å². The molecule has 0 radical (unpaired) electrons. The van der Waals surface area contributed by atoms with Gasteiger partial charge in [0, 0.05) is 35.3 Å². The third-order valence-electron chi connectivity index (χ3n) is 4.98. The zero-order valence-corrected chi connectivity index (χ0v) is 16.8. The van der Waals surface area contributed by atoms with E-state index in [0.717, 1.165) is 30.6 Å². The van der Waals surface area contributed by atoms with E-state index < -0.39 is 10.8 Å². The van der Waals surface area contributed by atoms with Crippen LogP contribution >= 0.6 is 11.3 Å². The van der Waals surface area contributed by atoms with Gasteiger partial charge in [0.25, 0.3) is 11.6 Å². The van der Waals surface area contributed by atoms with E-state index >= 15 is 0 Å². The molecular weight excluding hydrogens is 407 g/mol. The summed E-state index contributed by atoms with van der Waals surface area (Å²) in [5, 5.41) is 15.4. The van der Waals surface area contributed by atoms with Crippen LogP contribution in [0.2, 0.25) is 0 Å². The third-order valence-corrected chi connectivity index (χ3v) is 6.10. The molecule has 1 N–H and O–H groups in total. The summed E-state index contributed by atoms with van der Waals surface area (Å²) in [4.78, 5) is 25.2. The van der Waals surface area contributed by atoms with Crippen molar-refractivity contribution in [1.82, 2.24) is 5.43 Å². The Hall–Kier alpha value is -3.33. The van der Waals surface area contributed by atoms with E-state index in [9.17, 15) is 19.3 Å². The predicted molar refractivity (Wildman–Crippen MR) is 116 cm³/mol. The fourth-order valence-electron chi connectivity index (χ4n) is 3.47. The highest BCUT2D eigenvalue weighted by atomic mass is 32.1. The molecule has 1 aromatic heterocycles. The summed E-state index contributed by atoms with van der Waals surface area (Å²) >= 11 is 1.22. The van der Waals surface area contributed by atoms with E-state index in [-0.39, 0.29) is 11.5 Å². The highest BCUT2D eigenvalue weighted by Crippen LogP contribution is 2.29. The fraction of sp³-hybridized carbons (Fsp3) is 0.238. The summed E-state index contributed by atoms with van der Waals surface area (Å²) in [7, 11) is 0. The molecule has 3 aromatic rings. The lowest BCUT2D eigenvalue weighted by molar-refractivity contribution is -0.384. The van der Waals surface area contributed by atoms with Crippen LogP contribution in [0, 0.1) is 15.9 Å². The predicted octanol–water partition coefficient (Wildman–Crippen LogP) is 4.70. The van der Waals surface area contributed by atoms with Crippen LogP contribution in [0.5, 0.6) is 0 Å². The van der Waals surface area contributed by atoms with Crippen molar-refractivity contribution in [2.45, 2.75) is 19.3 Å². The number of halogens is 1. The Bertz CT molecular complexity index is 1140. The largest absolute Gasteiger partial charge is 0.369 e. The van der Waals surface area contributed by atoms with Gasteiger partial charge in [0.1, 0.15) is 5.82 Å². The Morgan fingerprint density at radius 1 is 1.17 bits per heavy atom. The molecule has 1 amide bonds. The monoisotopic (exact) mass is 426 g/mol. The van der Waals surface area contributed by atoms with Crippen molar-refractivity contribution in [1.29, 1.82) is 0 Å². The summed E-state index contributed by atoms with van der Waals surface area (Å²) < 4.78 is 15.2. The molecule has 2 heterocycles. The first kappa shape index (κ1) is 20.0. The van der Waals surface area contributed by atoms with Crippen LogP contribution in [0.25, 0.3) is 10.1 Å². The molecule has 2 aromatic carbocycles. The molecule has 0 atom stereocenters. The molecule has 1 fully saturated rings. The maximum Gasteiger partial charge on any atom is 0.281 e. The van der Waals surface area contributed by atoms with Crippen LogP contribution in [-0.4, -0.2) is 30.1 Å². The minimum absolute atomic E-state index is 0.0275. The number of carbonyl (C=O) groups is 1. The molecule has 7 nitrogen and oxygen atoms in total. The van der Waals surface area contributed by atoms with Gasteiger partial charge in [0.05, 0.1) is 21.7 Å². The lowest BCUT2D eigenvalue weighted by Crippen LogP contribution is -2.30. The van der Waals surface area contributed by atoms with Crippen molar-refractivity contribution in [2.75, 3.05) is 18.0 Å². The van der Waals surface area contributed by atoms with Gasteiger partial charge >= 0.3 is 0 Å². The third kappa shape index (κ3) is 4.30. The van der Waals surface area contributed by atoms with Crippen molar-refractivity contribution in [3.63, 3.8) is 0 Å². The van der Waals surface area contributed by atoms with Gasteiger partial charge in [-0.05, 0) is 49.1 Å². The Kier molecular flexibility index (Phi) is 5.71. The first-order valence-electron chi connectivity index (χ1n) is 9.57. The zero-order chi connectivity index (χ0) is 21.1. The molecule has 154 valence electrons. The summed E-state index contributed by atoms with van der Waals surface area (Å²) in [5.74, 6) is -0.737. The maximum atomic E-state index is 14.5. The molecule has 1 saturated heterocycles. The summed E-state index contributed by atoms with van der Waals surface area (Å²) in [6.45, 7) is 1.72. The van der Waals surface area contributed by atoms with E-state index in [0.29, 0.717) is 21.5 Å². The number of nitrogens with zero attached hydrogens (tertiary/aromatic N) is 3. The second-order valence-corrected chi connectivity index (χ2v) is 8.13. The summed E-state index contributed by atoms with van der Waals surface area (Å²) in [5.41, 5.74) is 3.52. The van der Waals surface area contributed by atoms with Crippen molar-refractivity contribution >= 4 is 44.9 Å². The Labute approximate surface area is 176 Å². The Morgan fingerprint density at radius 3 is 2.70 bits per heavy atom. The number of amides is 1. The van der Waals surface area contributed by atoms with Gasteiger partial charge < -0.3 is 4.90 Å². The number of nitro benzene ring substituents is 1. The Balaban J connectivity index is 1.42. The number of anilines is 1. The van der Waals surface area contributed by atoms with Crippen molar-refractivity contribution < 1.29 is 14.1 Å². The number of nitrogens with one attached hydrogen (secondary N) is 1. The Morgan fingerprint density at radius 2 is 1.97 bits per heavy atom. The molecule has 1 aliphatic rings. The first-order chi connectivity index (χ1) is 14.5. The second kappa shape index (κ2) is 8.58. The van der Waals surface area contributed by atoms with Crippen LogP contribution in [0.4, 0.5) is 15.8 Å². The maximum absolute atomic E-state index is 14.5. The van der Waals surface area contributed by atoms with E-state index in [1.54, 1.807) is 24.3 Å². The molecule has 0 bridgehead atoms. The van der Waals surface area contributed by atoms with Gasteiger partial charge in [0.2, 0.25) is 0 Å². The van der Waals surface area contributed by atoms with Crippen molar-refractivity contribution in [3.05, 3.63) is 68.8 Å². The normalized spacial score (nSPS) is 14.4. The summed E-state index contributed by atoms with van der Waals surface area (Å²) in [6.07, 6.45) is 4.71. The second-order valence-electron chi connectivity index (χ2n) is 7.05. The average molecular weight is 426 g/mol. The number of fused-ring (bicyclic) bond motifs is 1. The molecule has 0 saturated carbocycles. The van der Waals surface area contributed by atoms with Crippen LogP contribution < -0.4 is 10.3 Å². The van der Waals surface area contributed by atoms with Gasteiger partial charge in [-0.15, -0.1) is 11.3 Å². The number of hydrogen-bond acceptors (Lipinski definition) is 6. The number of non-ortho nitro benzene ring substituents is 1. The highest BCUT2D eigenvalue weighted by molar-refractivity contribution is 7.20. The zero-order valence-electron chi connectivity index (χ0n) is 16.0. The highest BCUT2D eigenvalue weighted by Gasteiger charge is 2.15. The van der Waals surface area contributed by atoms with Crippen molar-refractivity contribution in [3.8, 4) is 0 Å². The molecule has 30 heavy (non-hydrogen) atoms. The van der Waals surface area contributed by atoms with Gasteiger partial charge in [-0.25, -0.2) is 9.82 Å². The number of hydrazone groups is 1. The molecule has 0 aliphatic carbocycles. The molecule has 0 unspecified atom stereocenters. The average Bonchev–Trinajstić information content (AvgIpc) is 3.18. The smallest absolute Gasteiger partial charge is 0.281 e. The number of nitro groups is 1. The number of piperidine rings is 1. The number of rotatable bonds is 5. The topological polar surface area (TPSA) is 87.8 Å². The SMILES string of the molecule is O=C(NN=Cc1ccc(N2CCCCC2)c(F)c1)c1cc2cc([N+](=O)[O-])ccc2s1. The molecular formula is C21H19FN4O3S. The molecule has 4 rings (SSSR count). The van der Waals surface area contributed by atoms with Crippen LogP contribution in [0.3, 0.4) is 0 Å². The van der Waals surface area contributed by atoms with E-state index in [1.807, 2.05) is 4.90 Å². The van der Waals surface area contributed by atoms with Gasteiger partial charge in [0.15, 0.2) is 0 Å². The van der Waals surface area contributed by atoms with Gasteiger partial charge in [-0.1, -0.05) is 6.07 Å². The molecule has 1 aliphatic heterocycles. The standard InChI is InChI=1S/C21H19FN4O3S/c22-17-10-14(4-6-18(17)25-8-2-1-3-9-25)13-23-24-21(27)20-12-15-11-16(26(28)29)5-7-19(15)30-20/h4-7,10-13H,1-3,8-9H2,(H,24,27). The number of benzene rings is 2. The molecule has 0 spiro atoms.